The van der Waals surface area contributed by atoms with E-state index >= 15 is 0 Å². The first-order valence-corrected chi connectivity index (χ1v) is 13.8. The summed E-state index contributed by atoms with van der Waals surface area (Å²) in [7, 11) is -4.21. The van der Waals surface area contributed by atoms with Gasteiger partial charge in [0.05, 0.1) is 12.6 Å². The van der Waals surface area contributed by atoms with Crippen LogP contribution in [0.2, 0.25) is 0 Å². The Hall–Kier alpha value is -3.77. The highest BCUT2D eigenvalue weighted by Gasteiger charge is 2.37. The minimum Gasteiger partial charge on any atom is -0.618 e. The van der Waals surface area contributed by atoms with Gasteiger partial charge in [-0.05, 0) is 43.4 Å². The van der Waals surface area contributed by atoms with E-state index in [0.717, 1.165) is 15.9 Å². The van der Waals surface area contributed by atoms with E-state index in [1.165, 1.54) is 18.2 Å². The van der Waals surface area contributed by atoms with Gasteiger partial charge in [-0.15, -0.1) is 0 Å². The molecule has 4 rings (SSSR count). The van der Waals surface area contributed by atoms with E-state index in [0.29, 0.717) is 18.4 Å². The van der Waals surface area contributed by atoms with Gasteiger partial charge in [-0.1, -0.05) is 32.0 Å². The largest absolute Gasteiger partial charge is 0.618 e. The number of aromatic nitrogens is 1. The maximum Gasteiger partial charge on any atom is 0.323 e. The number of carbonyl (C=O) groups is 3. The highest BCUT2D eigenvalue weighted by Crippen LogP contribution is 2.20. The number of hydrogen-bond acceptors (Lipinski definition) is 7. The molecule has 1 aromatic carbocycles. The summed E-state index contributed by atoms with van der Waals surface area (Å²) in [5.41, 5.74) is 0.545. The number of nitrogens with zero attached hydrogens (tertiary/aromatic N) is 2. The molecule has 1 aliphatic heterocycles. The molecule has 3 heterocycles. The summed E-state index contributed by atoms with van der Waals surface area (Å²) in [5.74, 6) is -1.48. The molecular formula is C26H30N4O7S. The van der Waals surface area contributed by atoms with E-state index < -0.39 is 51.3 Å². The number of ketones is 1. The lowest BCUT2D eigenvalue weighted by atomic mass is 10.0. The quantitative estimate of drug-likeness (QED) is 0.325. The van der Waals surface area contributed by atoms with E-state index in [2.05, 4.69) is 10.6 Å². The van der Waals surface area contributed by atoms with Crippen LogP contribution < -0.4 is 15.4 Å². The van der Waals surface area contributed by atoms with Gasteiger partial charge in [-0.25, -0.2) is 8.42 Å². The molecule has 0 bridgehead atoms. The van der Waals surface area contributed by atoms with E-state index in [4.69, 9.17) is 4.42 Å². The highest BCUT2D eigenvalue weighted by atomic mass is 32.2. The second kappa shape index (κ2) is 11.3. The fourth-order valence-electron chi connectivity index (χ4n) is 4.40. The van der Waals surface area contributed by atoms with Crippen LogP contribution in [0.25, 0.3) is 11.0 Å². The summed E-state index contributed by atoms with van der Waals surface area (Å²) in [6.07, 6.45) is 1.90. The van der Waals surface area contributed by atoms with Crippen molar-refractivity contribution in [2.45, 2.75) is 50.2 Å². The third-order valence-corrected chi connectivity index (χ3v) is 8.14. The van der Waals surface area contributed by atoms with Crippen LogP contribution in [0.1, 0.15) is 43.7 Å². The number of furan rings is 1. The summed E-state index contributed by atoms with van der Waals surface area (Å²) in [5, 5.41) is 17.7. The van der Waals surface area contributed by atoms with Crippen molar-refractivity contribution in [2.75, 3.05) is 13.1 Å². The minimum absolute atomic E-state index is 0.0214. The molecule has 12 heteroatoms. The standard InChI is InChI=1S/C26H30N4O7S/c1-17(2)14-20(28-26(33)23-15-18-8-3-4-10-22(18)37-23)25(32)27-19-9-7-12-29(16-21(19)31)38(35,36)24-11-5-6-13-30(24)34/h3-6,8,10-11,13,15,17,19-20H,7,9,12,14,16H2,1-2H3,(H,27,32)(H,28,33)/t19?,20-/m0/s1. The van der Waals surface area contributed by atoms with Gasteiger partial charge >= 0.3 is 15.0 Å². The first-order valence-electron chi connectivity index (χ1n) is 12.4. The van der Waals surface area contributed by atoms with Gasteiger partial charge in [0.15, 0.2) is 17.7 Å². The molecule has 2 atom stereocenters. The van der Waals surface area contributed by atoms with Crippen LogP contribution in [-0.2, 0) is 19.6 Å². The predicted octanol–water partition coefficient (Wildman–Crippen LogP) is 1.75. The normalized spacial score (nSPS) is 17.8. The summed E-state index contributed by atoms with van der Waals surface area (Å²) >= 11 is 0. The molecule has 202 valence electrons. The number of benzene rings is 1. The number of fused-ring (bicyclic) bond motifs is 1. The number of carbonyl (C=O) groups excluding carboxylic acids is 3. The van der Waals surface area contributed by atoms with Crippen molar-refractivity contribution in [2.24, 2.45) is 5.92 Å². The molecular weight excluding hydrogens is 512 g/mol. The van der Waals surface area contributed by atoms with Crippen LogP contribution in [0, 0.1) is 11.1 Å². The monoisotopic (exact) mass is 542 g/mol. The van der Waals surface area contributed by atoms with E-state index in [1.807, 2.05) is 26.0 Å². The topological polar surface area (TPSA) is 153 Å². The zero-order valence-electron chi connectivity index (χ0n) is 21.1. The van der Waals surface area contributed by atoms with Crippen molar-refractivity contribution in [3.8, 4) is 0 Å². The molecule has 11 nitrogen and oxygen atoms in total. The van der Waals surface area contributed by atoms with E-state index in [-0.39, 0.29) is 29.4 Å². The van der Waals surface area contributed by atoms with Gasteiger partial charge in [0.1, 0.15) is 11.6 Å². The van der Waals surface area contributed by atoms with Crippen LogP contribution in [0.3, 0.4) is 0 Å². The Kier molecular flexibility index (Phi) is 8.12. The van der Waals surface area contributed by atoms with Crippen molar-refractivity contribution >= 4 is 38.6 Å². The fraction of sp³-hybridized carbons (Fsp3) is 0.385. The van der Waals surface area contributed by atoms with Gasteiger partial charge < -0.3 is 20.3 Å². The number of pyridine rings is 1. The van der Waals surface area contributed by atoms with Crippen molar-refractivity contribution in [1.82, 2.24) is 14.9 Å². The number of sulfonamides is 1. The molecule has 2 amide bonds. The number of para-hydroxylation sites is 1. The van der Waals surface area contributed by atoms with Crippen molar-refractivity contribution in [3.05, 3.63) is 65.7 Å². The Morgan fingerprint density at radius 1 is 1.18 bits per heavy atom. The zero-order valence-corrected chi connectivity index (χ0v) is 21.9. The second-order valence-electron chi connectivity index (χ2n) is 9.68. The molecule has 2 aromatic heterocycles. The third-order valence-electron chi connectivity index (χ3n) is 6.31. The van der Waals surface area contributed by atoms with Crippen molar-refractivity contribution in [1.29, 1.82) is 0 Å². The summed E-state index contributed by atoms with van der Waals surface area (Å²) < 4.78 is 32.8. The number of Topliss-reactive ketones (excluding diaryl/α,β-unsaturated/α-hetero) is 1. The average Bonchev–Trinajstić information content (AvgIpc) is 3.22. The summed E-state index contributed by atoms with van der Waals surface area (Å²) in [6.45, 7) is 3.34. The Morgan fingerprint density at radius 2 is 1.92 bits per heavy atom. The molecule has 0 saturated carbocycles. The molecule has 2 N–H and O–H groups in total. The maximum absolute atomic E-state index is 13.2. The Labute approximate surface area is 220 Å². The van der Waals surface area contributed by atoms with Crippen LogP contribution >= 0.6 is 0 Å². The first-order chi connectivity index (χ1) is 18.1. The highest BCUT2D eigenvalue weighted by molar-refractivity contribution is 7.89. The zero-order chi connectivity index (χ0) is 27.4. The van der Waals surface area contributed by atoms with Gasteiger partial charge in [0.25, 0.3) is 5.91 Å². The van der Waals surface area contributed by atoms with Gasteiger partial charge in [0, 0.05) is 24.1 Å². The van der Waals surface area contributed by atoms with Gasteiger partial charge in [-0.2, -0.15) is 9.04 Å². The van der Waals surface area contributed by atoms with Crippen molar-refractivity contribution in [3.63, 3.8) is 0 Å². The molecule has 38 heavy (non-hydrogen) atoms. The lowest BCUT2D eigenvalue weighted by Crippen LogP contribution is -2.52. The predicted molar refractivity (Wildman–Crippen MR) is 137 cm³/mol. The molecule has 1 saturated heterocycles. The average molecular weight is 543 g/mol. The SMILES string of the molecule is CC(C)C[C@H](NC(=O)c1cc2ccccc2o1)C(=O)NC1CCCN(S(=O)(=O)c2cccc[n+]2[O-])CC1=O. The smallest absolute Gasteiger partial charge is 0.323 e. The van der Waals surface area contributed by atoms with Gasteiger partial charge in [0.2, 0.25) is 5.91 Å². The fourth-order valence-corrected chi connectivity index (χ4v) is 5.87. The third kappa shape index (κ3) is 6.03. The van der Waals surface area contributed by atoms with Crippen LogP contribution in [0.5, 0.6) is 0 Å². The Morgan fingerprint density at radius 3 is 2.63 bits per heavy atom. The molecule has 1 unspecified atom stereocenters. The van der Waals surface area contributed by atoms with Crippen LogP contribution in [0.4, 0.5) is 0 Å². The van der Waals surface area contributed by atoms with Crippen LogP contribution in [0.15, 0.2) is 64.2 Å². The molecule has 0 spiro atoms. The number of hydrogen-bond donors (Lipinski definition) is 2. The summed E-state index contributed by atoms with van der Waals surface area (Å²) in [4.78, 5) is 39.1. The lowest BCUT2D eigenvalue weighted by molar-refractivity contribution is -0.646. The molecule has 0 aliphatic carbocycles. The Balaban J connectivity index is 1.45. The summed E-state index contributed by atoms with van der Waals surface area (Å²) in [6, 6.07) is 10.9. The number of amides is 2. The van der Waals surface area contributed by atoms with E-state index in [9.17, 15) is 28.0 Å². The first kappa shape index (κ1) is 27.3. The maximum atomic E-state index is 13.2. The number of nitrogens with one attached hydrogen (secondary N) is 2. The molecule has 0 radical (unpaired) electrons. The molecule has 1 aliphatic rings. The number of rotatable bonds is 8. The minimum atomic E-state index is -4.21. The second-order valence-corrected chi connectivity index (χ2v) is 11.6. The van der Waals surface area contributed by atoms with E-state index in [1.54, 1.807) is 18.2 Å². The van der Waals surface area contributed by atoms with Gasteiger partial charge in [-0.3, -0.25) is 14.4 Å². The molecule has 3 aromatic rings. The van der Waals surface area contributed by atoms with Crippen LogP contribution in [-0.4, -0.2) is 55.5 Å². The molecule has 1 fully saturated rings. The van der Waals surface area contributed by atoms with Crippen molar-refractivity contribution < 1.29 is 31.9 Å². The Bertz CT molecular complexity index is 1420. The lowest BCUT2D eigenvalue weighted by Gasteiger charge is -2.23.